The van der Waals surface area contributed by atoms with E-state index in [4.69, 9.17) is 11.6 Å². The highest BCUT2D eigenvalue weighted by atomic mass is 35.5. The van der Waals surface area contributed by atoms with Crippen molar-refractivity contribution in [1.29, 1.82) is 0 Å². The van der Waals surface area contributed by atoms with Gasteiger partial charge >= 0.3 is 0 Å². The molecule has 2 aromatic rings. The van der Waals surface area contributed by atoms with Crippen molar-refractivity contribution in [2.75, 3.05) is 12.4 Å². The van der Waals surface area contributed by atoms with Crippen molar-refractivity contribution < 1.29 is 0 Å². The summed E-state index contributed by atoms with van der Waals surface area (Å²) in [6.07, 6.45) is 1.47. The second-order valence-electron chi connectivity index (χ2n) is 3.10. The molecular weight excluding hydrogens is 198 g/mol. The third-order valence-electron chi connectivity index (χ3n) is 2.20. The zero-order chi connectivity index (χ0) is 10.1. The number of aryl methyl sites for hydroxylation is 1. The van der Waals surface area contributed by atoms with Crippen LogP contribution in [0.5, 0.6) is 0 Å². The van der Waals surface area contributed by atoms with E-state index in [0.717, 1.165) is 22.2 Å². The van der Waals surface area contributed by atoms with E-state index in [9.17, 15) is 0 Å². The molecule has 0 saturated carbocycles. The molecule has 0 atom stereocenters. The van der Waals surface area contributed by atoms with Gasteiger partial charge in [0.1, 0.15) is 11.5 Å². The maximum Gasteiger partial charge on any atom is 0.140 e. The number of nitrogens with one attached hydrogen (secondary N) is 1. The molecule has 0 amide bonds. The second-order valence-corrected chi connectivity index (χ2v) is 3.46. The number of anilines is 1. The topological polar surface area (TPSA) is 37.8 Å². The Bertz CT molecular complexity index is 482. The predicted molar refractivity (Wildman–Crippen MR) is 58.8 cm³/mol. The number of fused-ring (bicyclic) bond motifs is 1. The smallest absolute Gasteiger partial charge is 0.140 e. The number of hydrogen-bond acceptors (Lipinski definition) is 3. The van der Waals surface area contributed by atoms with Crippen LogP contribution >= 0.6 is 11.6 Å². The first-order valence-corrected chi connectivity index (χ1v) is 4.69. The summed E-state index contributed by atoms with van der Waals surface area (Å²) < 4.78 is 0. The lowest BCUT2D eigenvalue weighted by Crippen LogP contribution is -1.93. The fraction of sp³-hybridized carbons (Fsp3) is 0.200. The average molecular weight is 208 g/mol. The van der Waals surface area contributed by atoms with Crippen LogP contribution in [0.1, 0.15) is 5.56 Å². The van der Waals surface area contributed by atoms with Gasteiger partial charge in [0.05, 0.1) is 5.52 Å². The second kappa shape index (κ2) is 3.42. The molecule has 0 aliphatic rings. The monoisotopic (exact) mass is 207 g/mol. The normalized spacial score (nSPS) is 10.5. The fourth-order valence-electron chi connectivity index (χ4n) is 1.45. The van der Waals surface area contributed by atoms with Crippen molar-refractivity contribution >= 4 is 28.2 Å². The van der Waals surface area contributed by atoms with Gasteiger partial charge < -0.3 is 5.32 Å². The molecule has 0 radical (unpaired) electrons. The molecule has 4 heteroatoms. The van der Waals surface area contributed by atoms with Gasteiger partial charge in [0, 0.05) is 18.1 Å². The Morgan fingerprint density at radius 3 is 2.79 bits per heavy atom. The van der Waals surface area contributed by atoms with Crippen LogP contribution in [0.3, 0.4) is 0 Å². The molecule has 1 heterocycles. The van der Waals surface area contributed by atoms with E-state index in [0.29, 0.717) is 5.15 Å². The van der Waals surface area contributed by atoms with Crippen LogP contribution in [0.15, 0.2) is 18.5 Å². The lowest BCUT2D eigenvalue weighted by Gasteiger charge is -2.06. The average Bonchev–Trinajstić information content (AvgIpc) is 2.19. The summed E-state index contributed by atoms with van der Waals surface area (Å²) in [5, 5.41) is 4.50. The number of hydrogen-bond donors (Lipinski definition) is 1. The maximum absolute atomic E-state index is 5.95. The van der Waals surface area contributed by atoms with Crippen LogP contribution in [0.25, 0.3) is 10.9 Å². The van der Waals surface area contributed by atoms with E-state index >= 15 is 0 Å². The summed E-state index contributed by atoms with van der Waals surface area (Å²) >= 11 is 5.95. The molecule has 0 saturated heterocycles. The molecule has 1 aromatic carbocycles. The number of halogens is 1. The minimum absolute atomic E-state index is 0.501. The molecule has 1 aromatic heterocycles. The standard InChI is InChI=1S/C10H10ClN3/c1-6-3-7-9(4-8(6)12-2)13-5-14-10(7)11/h3-5,12H,1-2H3. The Kier molecular flexibility index (Phi) is 2.25. The Morgan fingerprint density at radius 2 is 2.07 bits per heavy atom. The Morgan fingerprint density at radius 1 is 1.29 bits per heavy atom. The summed E-state index contributed by atoms with van der Waals surface area (Å²) in [5.41, 5.74) is 3.06. The highest BCUT2D eigenvalue weighted by Gasteiger charge is 2.04. The van der Waals surface area contributed by atoms with Gasteiger partial charge in [0.15, 0.2) is 0 Å². The molecule has 2 rings (SSSR count). The molecular formula is C10H10ClN3. The zero-order valence-electron chi connectivity index (χ0n) is 8.00. The van der Waals surface area contributed by atoms with E-state index in [1.54, 1.807) is 0 Å². The van der Waals surface area contributed by atoms with E-state index in [1.807, 2.05) is 26.1 Å². The Balaban J connectivity index is 2.79. The van der Waals surface area contributed by atoms with E-state index in [1.165, 1.54) is 6.33 Å². The summed E-state index contributed by atoms with van der Waals surface area (Å²) in [7, 11) is 1.89. The van der Waals surface area contributed by atoms with Crippen molar-refractivity contribution in [3.8, 4) is 0 Å². The Hall–Kier alpha value is -1.35. The first kappa shape index (κ1) is 9.21. The van der Waals surface area contributed by atoms with Crippen molar-refractivity contribution in [2.45, 2.75) is 6.92 Å². The van der Waals surface area contributed by atoms with Crippen LogP contribution in [0, 0.1) is 6.92 Å². The molecule has 0 bridgehead atoms. The third-order valence-corrected chi connectivity index (χ3v) is 2.50. The largest absolute Gasteiger partial charge is 0.388 e. The van der Waals surface area contributed by atoms with Crippen LogP contribution in [-0.2, 0) is 0 Å². The van der Waals surface area contributed by atoms with E-state index in [-0.39, 0.29) is 0 Å². The maximum atomic E-state index is 5.95. The van der Waals surface area contributed by atoms with Crippen LogP contribution in [-0.4, -0.2) is 17.0 Å². The lowest BCUT2D eigenvalue weighted by atomic mass is 10.1. The summed E-state index contributed by atoms with van der Waals surface area (Å²) in [5.74, 6) is 0. The van der Waals surface area contributed by atoms with Crippen LogP contribution in [0.4, 0.5) is 5.69 Å². The van der Waals surface area contributed by atoms with Gasteiger partial charge in [0.2, 0.25) is 0 Å². The van der Waals surface area contributed by atoms with E-state index in [2.05, 4.69) is 15.3 Å². The van der Waals surface area contributed by atoms with Gasteiger partial charge in [-0.05, 0) is 24.6 Å². The molecule has 0 aliphatic heterocycles. The number of rotatable bonds is 1. The minimum atomic E-state index is 0.501. The fourth-order valence-corrected chi connectivity index (χ4v) is 1.64. The lowest BCUT2D eigenvalue weighted by molar-refractivity contribution is 1.22. The SMILES string of the molecule is CNc1cc2ncnc(Cl)c2cc1C. The van der Waals surface area contributed by atoms with Crippen LogP contribution < -0.4 is 5.32 Å². The van der Waals surface area contributed by atoms with Crippen molar-refractivity contribution in [3.63, 3.8) is 0 Å². The van der Waals surface area contributed by atoms with Gasteiger partial charge in [-0.15, -0.1) is 0 Å². The molecule has 0 spiro atoms. The van der Waals surface area contributed by atoms with Crippen molar-refractivity contribution in [1.82, 2.24) is 9.97 Å². The van der Waals surface area contributed by atoms with Gasteiger partial charge in [-0.3, -0.25) is 0 Å². The van der Waals surface area contributed by atoms with Gasteiger partial charge in [0.25, 0.3) is 0 Å². The molecule has 14 heavy (non-hydrogen) atoms. The molecule has 72 valence electrons. The van der Waals surface area contributed by atoms with E-state index < -0.39 is 0 Å². The molecule has 0 aliphatic carbocycles. The first-order chi connectivity index (χ1) is 6.72. The van der Waals surface area contributed by atoms with Crippen LogP contribution in [0.2, 0.25) is 5.15 Å². The first-order valence-electron chi connectivity index (χ1n) is 4.31. The van der Waals surface area contributed by atoms with Gasteiger partial charge in [-0.25, -0.2) is 9.97 Å². The quantitative estimate of drug-likeness (QED) is 0.731. The highest BCUT2D eigenvalue weighted by Crippen LogP contribution is 2.25. The number of nitrogens with zero attached hydrogens (tertiary/aromatic N) is 2. The third kappa shape index (κ3) is 1.40. The van der Waals surface area contributed by atoms with Gasteiger partial charge in [-0.2, -0.15) is 0 Å². The van der Waals surface area contributed by atoms with Crippen molar-refractivity contribution in [3.05, 3.63) is 29.2 Å². The summed E-state index contributed by atoms with van der Waals surface area (Å²) in [6, 6.07) is 3.96. The Labute approximate surface area is 87.1 Å². The highest BCUT2D eigenvalue weighted by molar-refractivity contribution is 6.34. The molecule has 1 N–H and O–H groups in total. The molecule has 0 fully saturated rings. The number of benzene rings is 1. The van der Waals surface area contributed by atoms with Gasteiger partial charge in [-0.1, -0.05) is 11.6 Å². The summed E-state index contributed by atoms with van der Waals surface area (Å²) in [4.78, 5) is 8.09. The summed E-state index contributed by atoms with van der Waals surface area (Å²) in [6.45, 7) is 2.02. The molecule has 3 nitrogen and oxygen atoms in total. The molecule has 0 unspecified atom stereocenters. The van der Waals surface area contributed by atoms with Crippen molar-refractivity contribution in [2.24, 2.45) is 0 Å². The number of aromatic nitrogens is 2. The zero-order valence-corrected chi connectivity index (χ0v) is 8.76. The predicted octanol–water partition coefficient (Wildman–Crippen LogP) is 2.63. The minimum Gasteiger partial charge on any atom is -0.388 e.